The molecule has 4 nitrogen and oxygen atoms in total. The number of benzene rings is 1. The molecule has 2 aromatic rings. The Balaban J connectivity index is 1.99. The van der Waals surface area contributed by atoms with Crippen LogP contribution in [0.2, 0.25) is 0 Å². The highest BCUT2D eigenvalue weighted by atomic mass is 32.2. The second-order valence-electron chi connectivity index (χ2n) is 3.30. The fraction of sp³-hybridized carbons (Fsp3) is 0.200. The molecule has 0 aliphatic rings. The summed E-state index contributed by atoms with van der Waals surface area (Å²) in [7, 11) is 0. The van der Waals surface area contributed by atoms with Gasteiger partial charge >= 0.3 is 0 Å². The normalized spacial score (nSPS) is 10.5. The van der Waals surface area contributed by atoms with Gasteiger partial charge in [0.2, 0.25) is 5.16 Å². The summed E-state index contributed by atoms with van der Waals surface area (Å²) in [5.74, 6) is 6.46. The van der Waals surface area contributed by atoms with Gasteiger partial charge in [-0.3, -0.25) is 0 Å². The Bertz CT molecular complexity index is 435. The molecule has 0 aliphatic heterocycles. The summed E-state index contributed by atoms with van der Waals surface area (Å²) in [6, 6.07) is 8.42. The highest BCUT2D eigenvalue weighted by molar-refractivity contribution is 7.98. The largest absolute Gasteiger partial charge is 0.336 e. The van der Waals surface area contributed by atoms with Crippen molar-refractivity contribution < 1.29 is 0 Å². The molecule has 5 heteroatoms. The first-order valence-corrected chi connectivity index (χ1v) is 5.58. The van der Waals surface area contributed by atoms with Crippen molar-refractivity contribution in [2.75, 3.05) is 5.84 Å². The molecule has 1 heterocycles. The molecule has 0 aliphatic carbocycles. The van der Waals surface area contributed by atoms with E-state index in [0.29, 0.717) is 0 Å². The zero-order valence-corrected chi connectivity index (χ0v) is 9.24. The van der Waals surface area contributed by atoms with Crippen molar-refractivity contribution in [1.82, 2.24) is 14.9 Å². The summed E-state index contributed by atoms with van der Waals surface area (Å²) in [6.07, 6.45) is 1.50. The number of aromatic nitrogens is 3. The van der Waals surface area contributed by atoms with Crippen molar-refractivity contribution in [1.29, 1.82) is 0 Å². The molecule has 15 heavy (non-hydrogen) atoms. The lowest BCUT2D eigenvalue weighted by Gasteiger charge is -2.01. The molecule has 0 spiro atoms. The van der Waals surface area contributed by atoms with Crippen molar-refractivity contribution in [3.05, 3.63) is 41.7 Å². The van der Waals surface area contributed by atoms with E-state index in [2.05, 4.69) is 41.4 Å². The van der Waals surface area contributed by atoms with Crippen LogP contribution in [-0.4, -0.2) is 14.9 Å². The molecule has 78 valence electrons. The average Bonchev–Trinajstić information content (AvgIpc) is 2.63. The molecule has 0 fully saturated rings. The zero-order valence-electron chi connectivity index (χ0n) is 8.42. The molecule has 0 saturated carbocycles. The van der Waals surface area contributed by atoms with Crippen molar-refractivity contribution in [2.24, 2.45) is 0 Å². The van der Waals surface area contributed by atoms with Crippen LogP contribution in [0.15, 0.2) is 35.7 Å². The number of rotatable bonds is 3. The Labute approximate surface area is 92.5 Å². The fourth-order valence-corrected chi connectivity index (χ4v) is 1.96. The van der Waals surface area contributed by atoms with E-state index in [1.165, 1.54) is 22.1 Å². The zero-order chi connectivity index (χ0) is 10.7. The number of aryl methyl sites for hydroxylation is 1. The highest BCUT2D eigenvalue weighted by Gasteiger charge is 2.02. The van der Waals surface area contributed by atoms with Crippen molar-refractivity contribution in [3.8, 4) is 0 Å². The Morgan fingerprint density at radius 1 is 1.33 bits per heavy atom. The summed E-state index contributed by atoms with van der Waals surface area (Å²) in [6.45, 7) is 2.08. The summed E-state index contributed by atoms with van der Waals surface area (Å²) in [5.41, 5.74) is 2.53. The SMILES string of the molecule is Cc1ccc(CSc2nncn2N)cc1. The van der Waals surface area contributed by atoms with Crippen molar-refractivity contribution in [3.63, 3.8) is 0 Å². The van der Waals surface area contributed by atoms with Gasteiger partial charge in [-0.2, -0.15) is 0 Å². The number of nitrogen functional groups attached to an aromatic ring is 1. The van der Waals surface area contributed by atoms with E-state index in [0.717, 1.165) is 10.9 Å². The first-order chi connectivity index (χ1) is 7.25. The van der Waals surface area contributed by atoms with Gasteiger partial charge in [-0.05, 0) is 12.5 Å². The topological polar surface area (TPSA) is 56.7 Å². The van der Waals surface area contributed by atoms with E-state index >= 15 is 0 Å². The van der Waals surface area contributed by atoms with E-state index in [1.807, 2.05) is 0 Å². The summed E-state index contributed by atoms with van der Waals surface area (Å²) in [4.78, 5) is 0. The quantitative estimate of drug-likeness (QED) is 0.630. The molecular formula is C10H12N4S. The fourth-order valence-electron chi connectivity index (χ4n) is 1.17. The van der Waals surface area contributed by atoms with E-state index in [9.17, 15) is 0 Å². The van der Waals surface area contributed by atoms with E-state index < -0.39 is 0 Å². The van der Waals surface area contributed by atoms with Gasteiger partial charge in [0.1, 0.15) is 6.33 Å². The summed E-state index contributed by atoms with van der Waals surface area (Å²) < 4.78 is 1.43. The molecule has 1 aromatic heterocycles. The Morgan fingerprint density at radius 3 is 2.67 bits per heavy atom. The third kappa shape index (κ3) is 2.50. The minimum atomic E-state index is 0.732. The number of thioether (sulfide) groups is 1. The smallest absolute Gasteiger partial charge is 0.209 e. The highest BCUT2D eigenvalue weighted by Crippen LogP contribution is 2.19. The van der Waals surface area contributed by atoms with Crippen LogP contribution in [0.4, 0.5) is 0 Å². The van der Waals surface area contributed by atoms with Crippen LogP contribution >= 0.6 is 11.8 Å². The second kappa shape index (κ2) is 4.35. The molecule has 2 rings (SSSR count). The van der Waals surface area contributed by atoms with Crippen LogP contribution in [-0.2, 0) is 5.75 Å². The molecule has 1 aromatic carbocycles. The lowest BCUT2D eigenvalue weighted by atomic mass is 10.2. The molecule has 2 N–H and O–H groups in total. The van der Waals surface area contributed by atoms with Crippen molar-refractivity contribution in [2.45, 2.75) is 17.8 Å². The number of hydrogen-bond donors (Lipinski definition) is 1. The van der Waals surface area contributed by atoms with Crippen LogP contribution in [0, 0.1) is 6.92 Å². The predicted molar refractivity (Wildman–Crippen MR) is 60.9 cm³/mol. The molecule has 0 radical (unpaired) electrons. The van der Waals surface area contributed by atoms with Gasteiger partial charge in [0, 0.05) is 5.75 Å². The average molecular weight is 220 g/mol. The number of nitrogens with zero attached hydrogens (tertiary/aromatic N) is 3. The molecule has 0 amide bonds. The maximum Gasteiger partial charge on any atom is 0.209 e. The van der Waals surface area contributed by atoms with Crippen LogP contribution in [0.3, 0.4) is 0 Å². The molecule has 0 atom stereocenters. The minimum Gasteiger partial charge on any atom is -0.336 e. The Kier molecular flexibility index (Phi) is 2.91. The van der Waals surface area contributed by atoms with Gasteiger partial charge < -0.3 is 5.84 Å². The lowest BCUT2D eigenvalue weighted by molar-refractivity contribution is 0.846. The monoisotopic (exact) mass is 220 g/mol. The first kappa shape index (κ1) is 10.0. The second-order valence-corrected chi connectivity index (χ2v) is 4.24. The number of nitrogens with two attached hydrogens (primary N) is 1. The van der Waals surface area contributed by atoms with Gasteiger partial charge in [-0.15, -0.1) is 10.2 Å². The van der Waals surface area contributed by atoms with Gasteiger partial charge in [0.05, 0.1) is 0 Å². The van der Waals surface area contributed by atoms with E-state index in [1.54, 1.807) is 11.8 Å². The predicted octanol–water partition coefficient (Wildman–Crippen LogP) is 1.59. The number of hydrogen-bond acceptors (Lipinski definition) is 4. The van der Waals surface area contributed by atoms with Crippen LogP contribution in [0.25, 0.3) is 0 Å². The van der Waals surface area contributed by atoms with E-state index in [-0.39, 0.29) is 0 Å². The lowest BCUT2D eigenvalue weighted by Crippen LogP contribution is -2.07. The maximum absolute atomic E-state index is 5.60. The molecular weight excluding hydrogens is 208 g/mol. The Hall–Kier alpha value is -1.49. The molecule has 0 bridgehead atoms. The first-order valence-electron chi connectivity index (χ1n) is 4.59. The maximum atomic E-state index is 5.60. The van der Waals surface area contributed by atoms with Crippen molar-refractivity contribution >= 4 is 11.8 Å². The van der Waals surface area contributed by atoms with E-state index in [4.69, 9.17) is 5.84 Å². The van der Waals surface area contributed by atoms with Crippen LogP contribution < -0.4 is 5.84 Å². The summed E-state index contributed by atoms with van der Waals surface area (Å²) in [5, 5.41) is 8.35. The Morgan fingerprint density at radius 2 is 2.07 bits per heavy atom. The third-order valence-electron chi connectivity index (χ3n) is 2.03. The molecule has 0 saturated heterocycles. The van der Waals surface area contributed by atoms with Gasteiger partial charge in [-0.25, -0.2) is 4.68 Å². The van der Waals surface area contributed by atoms with Crippen LogP contribution in [0.5, 0.6) is 0 Å². The van der Waals surface area contributed by atoms with Gasteiger partial charge in [0.25, 0.3) is 0 Å². The minimum absolute atomic E-state index is 0.732. The molecule has 0 unspecified atom stereocenters. The third-order valence-corrected chi connectivity index (χ3v) is 3.06. The van der Waals surface area contributed by atoms with Gasteiger partial charge in [-0.1, -0.05) is 41.6 Å². The standard InChI is InChI=1S/C10H12N4S/c1-8-2-4-9(5-3-8)6-15-10-13-12-7-14(10)11/h2-5,7H,6,11H2,1H3. The van der Waals surface area contributed by atoms with Gasteiger partial charge in [0.15, 0.2) is 0 Å². The summed E-state index contributed by atoms with van der Waals surface area (Å²) >= 11 is 1.58. The van der Waals surface area contributed by atoms with Crippen LogP contribution in [0.1, 0.15) is 11.1 Å².